The molecular formula is C33H41N7O6. The van der Waals surface area contributed by atoms with Gasteiger partial charge in [0.2, 0.25) is 5.95 Å². The maximum absolute atomic E-state index is 12.8. The first-order chi connectivity index (χ1) is 21.9. The molecule has 2 aromatic carbocycles. The summed E-state index contributed by atoms with van der Waals surface area (Å²) in [5.74, 6) is 0.631. The molecule has 0 saturated heterocycles. The number of benzene rings is 2. The molecule has 0 aliphatic carbocycles. The van der Waals surface area contributed by atoms with Crippen LogP contribution in [0.3, 0.4) is 0 Å². The van der Waals surface area contributed by atoms with Crippen LogP contribution in [0.25, 0.3) is 22.2 Å². The van der Waals surface area contributed by atoms with Crippen molar-refractivity contribution in [1.82, 2.24) is 19.4 Å². The minimum atomic E-state index is -0.641. The van der Waals surface area contributed by atoms with Crippen molar-refractivity contribution in [2.45, 2.75) is 59.4 Å². The minimum Gasteiger partial charge on any atom is -0.494 e. The van der Waals surface area contributed by atoms with Crippen LogP contribution in [0.4, 0.5) is 27.8 Å². The average molecular weight is 632 g/mol. The molecule has 0 atom stereocenters. The fourth-order valence-electron chi connectivity index (χ4n) is 5.59. The number of anilines is 3. The number of hydrogen-bond acceptors (Lipinski definition) is 10. The van der Waals surface area contributed by atoms with Gasteiger partial charge in [-0.1, -0.05) is 18.2 Å². The zero-order chi connectivity index (χ0) is 33.2. The molecule has 1 N–H and O–H groups in total. The van der Waals surface area contributed by atoms with E-state index in [1.807, 2.05) is 52.8 Å². The van der Waals surface area contributed by atoms with E-state index in [1.54, 1.807) is 29.1 Å². The van der Waals surface area contributed by atoms with Gasteiger partial charge in [0, 0.05) is 67.5 Å². The lowest BCUT2D eigenvalue weighted by atomic mass is 10.1. The number of ether oxygens (including phenoxy) is 3. The third-order valence-electron chi connectivity index (χ3n) is 7.77. The highest BCUT2D eigenvalue weighted by atomic mass is 16.6. The van der Waals surface area contributed by atoms with E-state index in [4.69, 9.17) is 19.2 Å². The van der Waals surface area contributed by atoms with E-state index in [9.17, 15) is 14.9 Å². The summed E-state index contributed by atoms with van der Waals surface area (Å²) < 4.78 is 19.3. The number of fused-ring (bicyclic) bond motifs is 3. The molecule has 1 aliphatic rings. The molecule has 5 rings (SSSR count). The Bertz CT molecular complexity index is 1750. The predicted molar refractivity (Wildman–Crippen MR) is 177 cm³/mol. The molecule has 0 unspecified atom stereocenters. The first kappa shape index (κ1) is 32.5. The maximum atomic E-state index is 12.8. The van der Waals surface area contributed by atoms with Crippen LogP contribution in [0.2, 0.25) is 0 Å². The molecule has 46 heavy (non-hydrogen) atoms. The van der Waals surface area contributed by atoms with E-state index in [1.165, 1.54) is 13.2 Å². The number of nitro benzene ring substituents is 1. The van der Waals surface area contributed by atoms with Crippen molar-refractivity contribution in [3.05, 3.63) is 64.5 Å². The van der Waals surface area contributed by atoms with Gasteiger partial charge in [-0.3, -0.25) is 10.1 Å². The number of nitrogens with zero attached hydrogens (tertiary/aromatic N) is 6. The number of methoxy groups -OCH3 is 1. The highest BCUT2D eigenvalue weighted by Gasteiger charge is 2.27. The molecule has 244 valence electrons. The summed E-state index contributed by atoms with van der Waals surface area (Å²) >= 11 is 0. The molecule has 0 fully saturated rings. The van der Waals surface area contributed by atoms with Crippen molar-refractivity contribution >= 4 is 40.0 Å². The van der Waals surface area contributed by atoms with E-state index < -0.39 is 16.6 Å². The molecule has 13 heteroatoms. The highest BCUT2D eigenvalue weighted by Crippen LogP contribution is 2.40. The number of amides is 1. The smallest absolute Gasteiger partial charge is 0.410 e. The van der Waals surface area contributed by atoms with Gasteiger partial charge >= 0.3 is 6.09 Å². The number of para-hydroxylation sites is 1. The Morgan fingerprint density at radius 2 is 1.96 bits per heavy atom. The first-order valence-electron chi connectivity index (χ1n) is 15.2. The van der Waals surface area contributed by atoms with Gasteiger partial charge in [0.25, 0.3) is 5.69 Å². The number of nitro groups is 1. The third kappa shape index (κ3) is 6.84. The van der Waals surface area contributed by atoms with Crippen LogP contribution < -0.4 is 15.0 Å². The Labute approximate surface area is 268 Å². The Balaban J connectivity index is 1.43. The SMILES string of the molecule is COc1cc(N(C)CCN(C(=O)OC(C)(C)C)C(C)C)c([N+](=O)[O-])cc1Nc1nccc(-c2c3n(c4ccccc24)CCOC3)n1. The topological polar surface area (TPSA) is 137 Å². The second kappa shape index (κ2) is 13.2. The summed E-state index contributed by atoms with van der Waals surface area (Å²) in [5, 5.41) is 16.5. The van der Waals surface area contributed by atoms with Crippen LogP contribution in [-0.4, -0.2) is 75.9 Å². The van der Waals surface area contributed by atoms with Gasteiger partial charge in [0.1, 0.15) is 17.0 Å². The molecule has 1 aliphatic heterocycles. The second-order valence-electron chi connectivity index (χ2n) is 12.4. The lowest BCUT2D eigenvalue weighted by Gasteiger charge is -2.31. The summed E-state index contributed by atoms with van der Waals surface area (Å²) in [6, 6.07) is 12.9. The van der Waals surface area contributed by atoms with Crippen LogP contribution in [0.5, 0.6) is 5.75 Å². The molecule has 3 heterocycles. The molecule has 2 aromatic heterocycles. The number of hydrogen-bond donors (Lipinski definition) is 1. The average Bonchev–Trinajstić information content (AvgIpc) is 3.34. The van der Waals surface area contributed by atoms with Crippen LogP contribution in [0, 0.1) is 10.1 Å². The normalized spacial score (nSPS) is 13.0. The van der Waals surface area contributed by atoms with Crippen LogP contribution >= 0.6 is 0 Å². The standard InChI is InChI=1S/C33H41N7O6/c1-21(2)38(32(41)46-33(3,4)5)15-14-37(6)26-19-29(44-7)24(18-27(26)40(42)43)36-31-34-13-12-23(35-31)30-22-10-8-9-11-25(22)39-16-17-45-20-28(30)39/h8-13,18-19,21H,14-17,20H2,1-7H3,(H,34,35,36). The van der Waals surface area contributed by atoms with Gasteiger partial charge in [-0.25, -0.2) is 14.8 Å². The highest BCUT2D eigenvalue weighted by molar-refractivity contribution is 5.97. The number of likely N-dealkylation sites (N-methyl/N-ethyl adjacent to an activating group) is 1. The van der Waals surface area contributed by atoms with Crippen LogP contribution in [0.15, 0.2) is 48.7 Å². The number of nitrogens with one attached hydrogen (secondary N) is 1. The van der Waals surface area contributed by atoms with Gasteiger partial charge < -0.3 is 33.9 Å². The first-order valence-corrected chi connectivity index (χ1v) is 15.2. The molecule has 0 radical (unpaired) electrons. The lowest BCUT2D eigenvalue weighted by molar-refractivity contribution is -0.384. The van der Waals surface area contributed by atoms with Crippen molar-refractivity contribution in [2.24, 2.45) is 0 Å². The maximum Gasteiger partial charge on any atom is 0.410 e. The zero-order valence-corrected chi connectivity index (χ0v) is 27.4. The Hall–Kier alpha value is -4.91. The van der Waals surface area contributed by atoms with Gasteiger partial charge in [-0.05, 0) is 46.8 Å². The molecule has 1 amide bonds. The molecule has 4 aromatic rings. The van der Waals surface area contributed by atoms with Crippen molar-refractivity contribution in [2.75, 3.05) is 44.1 Å². The zero-order valence-electron chi connectivity index (χ0n) is 27.4. The Morgan fingerprint density at radius 3 is 2.65 bits per heavy atom. The quantitative estimate of drug-likeness (QED) is 0.155. The predicted octanol–water partition coefficient (Wildman–Crippen LogP) is 6.37. The van der Waals surface area contributed by atoms with Crippen molar-refractivity contribution in [1.29, 1.82) is 0 Å². The van der Waals surface area contributed by atoms with Gasteiger partial charge in [0.15, 0.2) is 0 Å². The number of carbonyl (C=O) groups is 1. The molecule has 13 nitrogen and oxygen atoms in total. The summed E-state index contributed by atoms with van der Waals surface area (Å²) in [6.07, 6.45) is 1.22. The van der Waals surface area contributed by atoms with E-state index in [0.717, 1.165) is 28.7 Å². The van der Waals surface area contributed by atoms with Gasteiger partial charge in [0.05, 0.1) is 42.3 Å². The number of carbonyl (C=O) groups excluding carboxylic acids is 1. The minimum absolute atomic E-state index is 0.127. The fraction of sp³-hybridized carbons (Fsp3) is 0.424. The second-order valence-corrected chi connectivity index (χ2v) is 12.4. The largest absolute Gasteiger partial charge is 0.494 e. The van der Waals surface area contributed by atoms with Crippen molar-refractivity contribution < 1.29 is 23.9 Å². The Morgan fingerprint density at radius 1 is 1.20 bits per heavy atom. The van der Waals surface area contributed by atoms with Crippen LogP contribution in [-0.2, 0) is 22.6 Å². The van der Waals surface area contributed by atoms with Gasteiger partial charge in [-0.2, -0.15) is 0 Å². The summed E-state index contributed by atoms with van der Waals surface area (Å²) in [7, 11) is 3.23. The van der Waals surface area contributed by atoms with Crippen LogP contribution in [0.1, 0.15) is 40.3 Å². The third-order valence-corrected chi connectivity index (χ3v) is 7.77. The molecule has 0 spiro atoms. The molecule has 0 bridgehead atoms. The molecular weight excluding hydrogens is 590 g/mol. The Kier molecular flexibility index (Phi) is 9.33. The van der Waals surface area contributed by atoms with E-state index in [2.05, 4.69) is 27.0 Å². The van der Waals surface area contributed by atoms with Crippen molar-refractivity contribution in [3.63, 3.8) is 0 Å². The lowest BCUT2D eigenvalue weighted by Crippen LogP contribution is -2.44. The monoisotopic (exact) mass is 631 g/mol. The molecule has 0 saturated carbocycles. The summed E-state index contributed by atoms with van der Waals surface area (Å²) in [5.41, 5.74) is 3.73. The fourth-order valence-corrected chi connectivity index (χ4v) is 5.59. The summed E-state index contributed by atoms with van der Waals surface area (Å²) in [4.78, 5) is 37.2. The van der Waals surface area contributed by atoms with E-state index in [0.29, 0.717) is 49.1 Å². The number of aromatic nitrogens is 3. The number of rotatable bonds is 10. The summed E-state index contributed by atoms with van der Waals surface area (Å²) in [6.45, 7) is 11.7. The van der Waals surface area contributed by atoms with E-state index >= 15 is 0 Å². The van der Waals surface area contributed by atoms with Gasteiger partial charge in [-0.15, -0.1) is 0 Å². The van der Waals surface area contributed by atoms with E-state index in [-0.39, 0.29) is 17.7 Å². The van der Waals surface area contributed by atoms with Crippen molar-refractivity contribution in [3.8, 4) is 17.0 Å².